The van der Waals surface area contributed by atoms with Gasteiger partial charge in [-0.3, -0.25) is 9.78 Å². The standard InChI is InChI=1S/C21H23N3O6/c1-10-13-3-2-12(23-17-19(27)18(26)15(9-25)30-21(17)29)8-14(13)24-20(28)16(10)11-4-6-22-7-5-11/h2-8,15,17-19,21,23,25-27,29H,9H2,1H3,(H,24,28)/t15?,17?,18-,19?,21?/m0/s1. The molecular formula is C21H23N3O6. The van der Waals surface area contributed by atoms with Crippen LogP contribution in [0.3, 0.4) is 0 Å². The summed E-state index contributed by atoms with van der Waals surface area (Å²) < 4.78 is 5.16. The van der Waals surface area contributed by atoms with Gasteiger partial charge >= 0.3 is 0 Å². The number of rotatable bonds is 4. The highest BCUT2D eigenvalue weighted by atomic mass is 16.6. The maximum atomic E-state index is 12.7. The predicted molar refractivity (Wildman–Crippen MR) is 110 cm³/mol. The Morgan fingerprint density at radius 3 is 2.57 bits per heavy atom. The number of nitrogens with zero attached hydrogens (tertiary/aromatic N) is 1. The van der Waals surface area contributed by atoms with Crippen molar-refractivity contribution in [2.24, 2.45) is 0 Å². The minimum absolute atomic E-state index is 0.245. The van der Waals surface area contributed by atoms with E-state index >= 15 is 0 Å². The lowest BCUT2D eigenvalue weighted by Gasteiger charge is -2.40. The number of nitrogens with one attached hydrogen (secondary N) is 2. The van der Waals surface area contributed by atoms with E-state index < -0.39 is 37.3 Å². The van der Waals surface area contributed by atoms with Gasteiger partial charge < -0.3 is 35.5 Å². The molecule has 1 aliphatic rings. The molecular weight excluding hydrogens is 390 g/mol. The van der Waals surface area contributed by atoms with Gasteiger partial charge in [0, 0.05) is 23.5 Å². The molecule has 0 radical (unpaired) electrons. The van der Waals surface area contributed by atoms with Gasteiger partial charge in [-0.05, 0) is 42.3 Å². The van der Waals surface area contributed by atoms with Gasteiger partial charge in [-0.15, -0.1) is 0 Å². The van der Waals surface area contributed by atoms with E-state index in [9.17, 15) is 25.2 Å². The number of benzene rings is 1. The molecule has 1 aliphatic heterocycles. The SMILES string of the molecule is Cc1c(-c2ccncc2)c(=O)[nH]c2cc(NC3C(O)OC(CO)[C@H](O)C3O)ccc12. The van der Waals surface area contributed by atoms with Crippen molar-refractivity contribution >= 4 is 16.6 Å². The van der Waals surface area contributed by atoms with Crippen molar-refractivity contribution in [3.8, 4) is 11.1 Å². The summed E-state index contributed by atoms with van der Waals surface area (Å²) >= 11 is 0. The third-order valence-electron chi connectivity index (χ3n) is 5.48. The number of aryl methyl sites for hydroxylation is 1. The lowest BCUT2D eigenvalue weighted by Crippen LogP contribution is -2.61. The van der Waals surface area contributed by atoms with Crippen molar-refractivity contribution in [1.29, 1.82) is 0 Å². The molecule has 5 atom stereocenters. The molecule has 1 saturated heterocycles. The summed E-state index contributed by atoms with van der Waals surface area (Å²) in [7, 11) is 0. The summed E-state index contributed by atoms with van der Waals surface area (Å²) in [5.74, 6) is 0. The lowest BCUT2D eigenvalue weighted by molar-refractivity contribution is -0.245. The Bertz CT molecular complexity index is 1100. The highest BCUT2D eigenvalue weighted by molar-refractivity contribution is 5.90. The summed E-state index contributed by atoms with van der Waals surface area (Å²) in [6.45, 7) is 1.34. The third kappa shape index (κ3) is 3.57. The van der Waals surface area contributed by atoms with Gasteiger partial charge in [-0.1, -0.05) is 6.07 Å². The summed E-state index contributed by atoms with van der Waals surface area (Å²) in [6, 6.07) is 7.77. The zero-order valence-corrected chi connectivity index (χ0v) is 16.2. The van der Waals surface area contributed by atoms with Crippen molar-refractivity contribution in [3.05, 3.63) is 58.6 Å². The molecule has 2 aromatic heterocycles. The van der Waals surface area contributed by atoms with E-state index in [2.05, 4.69) is 15.3 Å². The van der Waals surface area contributed by atoms with Crippen LogP contribution in [-0.2, 0) is 4.74 Å². The Morgan fingerprint density at radius 1 is 1.13 bits per heavy atom. The zero-order chi connectivity index (χ0) is 21.4. The van der Waals surface area contributed by atoms with Gasteiger partial charge in [0.15, 0.2) is 6.29 Å². The first-order chi connectivity index (χ1) is 14.4. The van der Waals surface area contributed by atoms with E-state index in [-0.39, 0.29) is 5.56 Å². The minimum Gasteiger partial charge on any atom is -0.394 e. The van der Waals surface area contributed by atoms with Crippen molar-refractivity contribution in [3.63, 3.8) is 0 Å². The van der Waals surface area contributed by atoms with Crippen LogP contribution in [0.4, 0.5) is 5.69 Å². The maximum Gasteiger partial charge on any atom is 0.256 e. The fourth-order valence-corrected chi connectivity index (χ4v) is 3.87. The summed E-state index contributed by atoms with van der Waals surface area (Å²) in [4.78, 5) is 19.6. The molecule has 1 aromatic carbocycles. The first-order valence-corrected chi connectivity index (χ1v) is 9.55. The first kappa shape index (κ1) is 20.5. The monoisotopic (exact) mass is 413 g/mol. The van der Waals surface area contributed by atoms with Crippen LogP contribution in [0.25, 0.3) is 22.0 Å². The molecule has 4 unspecified atom stereocenters. The number of aromatic amines is 1. The molecule has 6 N–H and O–H groups in total. The average Bonchev–Trinajstić information content (AvgIpc) is 2.74. The maximum absolute atomic E-state index is 12.7. The Balaban J connectivity index is 1.67. The summed E-state index contributed by atoms with van der Waals surface area (Å²) in [6.07, 6.45) is -1.98. The molecule has 9 nitrogen and oxygen atoms in total. The fraction of sp³-hybridized carbons (Fsp3) is 0.333. The normalized spacial score (nSPS) is 26.6. The largest absolute Gasteiger partial charge is 0.394 e. The van der Waals surface area contributed by atoms with Gasteiger partial charge in [0.2, 0.25) is 0 Å². The molecule has 4 rings (SSSR count). The highest BCUT2D eigenvalue weighted by Gasteiger charge is 2.43. The van der Waals surface area contributed by atoms with E-state index in [4.69, 9.17) is 4.74 Å². The second-order valence-electron chi connectivity index (χ2n) is 7.35. The Kier molecular flexibility index (Phi) is 5.54. The third-order valence-corrected chi connectivity index (χ3v) is 5.48. The number of anilines is 1. The topological polar surface area (TPSA) is 148 Å². The van der Waals surface area contributed by atoms with Gasteiger partial charge in [0.1, 0.15) is 24.4 Å². The Morgan fingerprint density at radius 2 is 1.87 bits per heavy atom. The van der Waals surface area contributed by atoms with Crippen LogP contribution in [0, 0.1) is 6.92 Å². The van der Waals surface area contributed by atoms with Crippen LogP contribution in [-0.4, -0.2) is 67.6 Å². The molecule has 0 amide bonds. The minimum atomic E-state index is -1.44. The molecule has 0 aliphatic carbocycles. The number of pyridine rings is 2. The smallest absolute Gasteiger partial charge is 0.256 e. The number of hydrogen-bond donors (Lipinski definition) is 6. The second kappa shape index (κ2) is 8.13. The molecule has 0 bridgehead atoms. The Hall–Kier alpha value is -2.82. The lowest BCUT2D eigenvalue weighted by atomic mass is 9.96. The average molecular weight is 413 g/mol. The van der Waals surface area contributed by atoms with Crippen LogP contribution in [0.5, 0.6) is 0 Å². The fourth-order valence-electron chi connectivity index (χ4n) is 3.87. The predicted octanol–water partition coefficient (Wildman–Crippen LogP) is 0.110. The molecule has 9 heteroatoms. The van der Waals surface area contributed by atoms with Crippen molar-refractivity contribution < 1.29 is 25.2 Å². The number of hydrogen-bond acceptors (Lipinski definition) is 8. The van der Waals surface area contributed by atoms with Crippen LogP contribution in [0.1, 0.15) is 5.56 Å². The van der Waals surface area contributed by atoms with Crippen molar-refractivity contribution in [2.75, 3.05) is 11.9 Å². The van der Waals surface area contributed by atoms with E-state index in [0.29, 0.717) is 16.8 Å². The van der Waals surface area contributed by atoms with Gasteiger partial charge in [0.05, 0.1) is 17.7 Å². The molecule has 3 aromatic rings. The number of ether oxygens (including phenoxy) is 1. The molecule has 158 valence electrons. The molecule has 1 fully saturated rings. The summed E-state index contributed by atoms with van der Waals surface area (Å²) in [5.41, 5.74) is 2.99. The van der Waals surface area contributed by atoms with Gasteiger partial charge in [-0.25, -0.2) is 0 Å². The molecule has 0 spiro atoms. The molecule has 0 saturated carbocycles. The van der Waals surface area contributed by atoms with Gasteiger partial charge in [0.25, 0.3) is 5.56 Å². The van der Waals surface area contributed by atoms with Gasteiger partial charge in [-0.2, -0.15) is 0 Å². The highest BCUT2D eigenvalue weighted by Crippen LogP contribution is 2.28. The van der Waals surface area contributed by atoms with Crippen LogP contribution >= 0.6 is 0 Å². The Labute approximate surface area is 171 Å². The number of aliphatic hydroxyl groups is 4. The molecule has 3 heterocycles. The van der Waals surface area contributed by atoms with E-state index in [1.54, 1.807) is 36.7 Å². The van der Waals surface area contributed by atoms with Crippen molar-refractivity contribution in [2.45, 2.75) is 37.6 Å². The zero-order valence-electron chi connectivity index (χ0n) is 16.2. The summed E-state index contributed by atoms with van der Waals surface area (Å²) in [5, 5.41) is 43.5. The first-order valence-electron chi connectivity index (χ1n) is 9.55. The number of H-pyrrole nitrogens is 1. The quantitative estimate of drug-likeness (QED) is 0.353. The number of fused-ring (bicyclic) bond motifs is 1. The van der Waals surface area contributed by atoms with Crippen LogP contribution in [0.15, 0.2) is 47.5 Å². The van der Waals surface area contributed by atoms with E-state index in [1.165, 1.54) is 0 Å². The number of aromatic nitrogens is 2. The van der Waals surface area contributed by atoms with Crippen LogP contribution < -0.4 is 10.9 Å². The second-order valence-corrected chi connectivity index (χ2v) is 7.35. The number of aliphatic hydroxyl groups excluding tert-OH is 4. The molecule has 30 heavy (non-hydrogen) atoms. The van der Waals surface area contributed by atoms with Crippen molar-refractivity contribution in [1.82, 2.24) is 9.97 Å². The van der Waals surface area contributed by atoms with E-state index in [1.807, 2.05) is 13.0 Å². The van der Waals surface area contributed by atoms with E-state index in [0.717, 1.165) is 16.5 Å². The van der Waals surface area contributed by atoms with Crippen LogP contribution in [0.2, 0.25) is 0 Å².